The molecule has 0 spiro atoms. The van der Waals surface area contributed by atoms with Gasteiger partial charge in [0.05, 0.1) is 18.0 Å². The highest BCUT2D eigenvalue weighted by Gasteiger charge is 2.10. The first-order valence-electron chi connectivity index (χ1n) is 6.04. The second-order valence-electron chi connectivity index (χ2n) is 3.94. The van der Waals surface area contributed by atoms with Gasteiger partial charge in [0.2, 0.25) is 0 Å². The summed E-state index contributed by atoms with van der Waals surface area (Å²) in [5, 5.41) is 10.5. The van der Waals surface area contributed by atoms with Crippen molar-refractivity contribution >= 4 is 11.6 Å². The summed E-state index contributed by atoms with van der Waals surface area (Å²) in [7, 11) is 0. The zero-order valence-electron chi connectivity index (χ0n) is 10.9. The highest BCUT2D eigenvalue weighted by molar-refractivity contribution is 6.03. The predicted octanol–water partition coefficient (Wildman–Crippen LogP) is 2.44. The molecule has 1 amide bonds. The van der Waals surface area contributed by atoms with Crippen LogP contribution >= 0.6 is 0 Å². The Balaban J connectivity index is 2.16. The number of rotatable bonds is 4. The van der Waals surface area contributed by atoms with Crippen LogP contribution in [0.4, 0.5) is 5.69 Å². The van der Waals surface area contributed by atoms with Gasteiger partial charge in [0.25, 0.3) is 5.91 Å². The van der Waals surface area contributed by atoms with Crippen molar-refractivity contribution in [2.45, 2.75) is 13.8 Å². The molecule has 1 heterocycles. The molecule has 0 aliphatic rings. The normalized spacial score (nSPS) is 10.0. The minimum atomic E-state index is -0.306. The van der Waals surface area contributed by atoms with E-state index in [4.69, 9.17) is 4.74 Å². The van der Waals surface area contributed by atoms with E-state index in [1.807, 2.05) is 26.0 Å². The molecule has 0 atom stereocenters. The van der Waals surface area contributed by atoms with Crippen molar-refractivity contribution in [3.63, 3.8) is 0 Å². The second-order valence-corrected chi connectivity index (χ2v) is 3.94. The Morgan fingerprint density at radius 3 is 2.68 bits per heavy atom. The highest BCUT2D eigenvalue weighted by Crippen LogP contribution is 2.23. The number of carbonyl (C=O) groups is 1. The number of aryl methyl sites for hydroxylation is 1. The van der Waals surface area contributed by atoms with Gasteiger partial charge < -0.3 is 10.1 Å². The van der Waals surface area contributed by atoms with Crippen LogP contribution in [0.2, 0.25) is 0 Å². The molecule has 0 unspecified atom stereocenters. The first-order valence-corrected chi connectivity index (χ1v) is 6.04. The number of anilines is 1. The molecule has 0 fully saturated rings. The number of carbonyl (C=O) groups excluding carboxylic acids is 1. The topological polar surface area (TPSA) is 64.1 Å². The van der Waals surface area contributed by atoms with E-state index >= 15 is 0 Å². The molecule has 0 aliphatic carbocycles. The Kier molecular flexibility index (Phi) is 4.07. The monoisotopic (exact) mass is 257 g/mol. The van der Waals surface area contributed by atoms with Gasteiger partial charge in [-0.2, -0.15) is 5.10 Å². The van der Waals surface area contributed by atoms with Crippen molar-refractivity contribution in [3.8, 4) is 5.75 Å². The molecule has 1 aromatic heterocycles. The number of hydrogen-bond donors (Lipinski definition) is 1. The lowest BCUT2D eigenvalue weighted by atomic mass is 10.2. The van der Waals surface area contributed by atoms with Gasteiger partial charge in [0, 0.05) is 0 Å². The van der Waals surface area contributed by atoms with Crippen LogP contribution in [-0.2, 0) is 0 Å². The van der Waals surface area contributed by atoms with Gasteiger partial charge in [-0.1, -0.05) is 12.1 Å². The van der Waals surface area contributed by atoms with Crippen LogP contribution in [0.1, 0.15) is 23.1 Å². The lowest BCUT2D eigenvalue weighted by molar-refractivity contribution is 0.102. The van der Waals surface area contributed by atoms with E-state index in [2.05, 4.69) is 15.5 Å². The fourth-order valence-corrected chi connectivity index (χ4v) is 1.56. The Labute approximate surface area is 111 Å². The molecular formula is C14H15N3O2. The number of para-hydroxylation sites is 2. The van der Waals surface area contributed by atoms with Gasteiger partial charge in [-0.05, 0) is 38.1 Å². The van der Waals surface area contributed by atoms with Gasteiger partial charge in [-0.25, -0.2) is 0 Å². The van der Waals surface area contributed by atoms with Crippen LogP contribution in [-0.4, -0.2) is 22.7 Å². The quantitative estimate of drug-likeness (QED) is 0.913. The number of hydrogen-bond acceptors (Lipinski definition) is 4. The summed E-state index contributed by atoms with van der Waals surface area (Å²) in [5.41, 5.74) is 1.67. The lowest BCUT2D eigenvalue weighted by Gasteiger charge is -2.10. The maximum Gasteiger partial charge on any atom is 0.276 e. The van der Waals surface area contributed by atoms with Gasteiger partial charge in [0.15, 0.2) is 5.69 Å². The van der Waals surface area contributed by atoms with Crippen molar-refractivity contribution in [1.29, 1.82) is 0 Å². The summed E-state index contributed by atoms with van der Waals surface area (Å²) >= 11 is 0. The molecule has 5 nitrogen and oxygen atoms in total. The fourth-order valence-electron chi connectivity index (χ4n) is 1.56. The average molecular weight is 257 g/mol. The van der Waals surface area contributed by atoms with Gasteiger partial charge in [0.1, 0.15) is 5.75 Å². The molecule has 2 aromatic rings. The van der Waals surface area contributed by atoms with Crippen LogP contribution in [0, 0.1) is 6.92 Å². The molecule has 0 radical (unpaired) electrons. The third kappa shape index (κ3) is 3.28. The Morgan fingerprint density at radius 1 is 1.21 bits per heavy atom. The van der Waals surface area contributed by atoms with Crippen molar-refractivity contribution < 1.29 is 9.53 Å². The van der Waals surface area contributed by atoms with E-state index in [-0.39, 0.29) is 11.6 Å². The third-order valence-corrected chi connectivity index (χ3v) is 2.47. The number of benzene rings is 1. The smallest absolute Gasteiger partial charge is 0.276 e. The number of amides is 1. The maximum absolute atomic E-state index is 12.0. The molecule has 1 aromatic carbocycles. The van der Waals surface area contributed by atoms with Crippen LogP contribution in [0.3, 0.4) is 0 Å². The summed E-state index contributed by atoms with van der Waals surface area (Å²) in [5.74, 6) is 0.332. The summed E-state index contributed by atoms with van der Waals surface area (Å²) in [4.78, 5) is 12.0. The minimum Gasteiger partial charge on any atom is -0.492 e. The van der Waals surface area contributed by atoms with E-state index in [0.717, 1.165) is 5.69 Å². The fraction of sp³-hybridized carbons (Fsp3) is 0.214. The van der Waals surface area contributed by atoms with E-state index in [1.54, 1.807) is 24.3 Å². The van der Waals surface area contributed by atoms with E-state index in [0.29, 0.717) is 18.0 Å². The molecule has 0 saturated carbocycles. The molecule has 19 heavy (non-hydrogen) atoms. The summed E-state index contributed by atoms with van der Waals surface area (Å²) in [6.45, 7) is 4.25. The molecule has 5 heteroatoms. The number of ether oxygens (including phenoxy) is 1. The van der Waals surface area contributed by atoms with Crippen LogP contribution < -0.4 is 10.1 Å². The van der Waals surface area contributed by atoms with Crippen molar-refractivity contribution in [1.82, 2.24) is 10.2 Å². The standard InChI is InChI=1S/C14H15N3O2/c1-3-19-13-7-5-4-6-11(13)15-14(18)12-9-8-10(2)16-17-12/h4-9H,3H2,1-2H3,(H,15,18). The van der Waals surface area contributed by atoms with Crippen LogP contribution in [0.15, 0.2) is 36.4 Å². The third-order valence-electron chi connectivity index (χ3n) is 2.47. The SMILES string of the molecule is CCOc1ccccc1NC(=O)c1ccc(C)nn1. The number of aromatic nitrogens is 2. The highest BCUT2D eigenvalue weighted by atomic mass is 16.5. The first-order chi connectivity index (χ1) is 9.20. The summed E-state index contributed by atoms with van der Waals surface area (Å²) < 4.78 is 5.44. The summed E-state index contributed by atoms with van der Waals surface area (Å²) in [6.07, 6.45) is 0. The molecular weight excluding hydrogens is 242 g/mol. The predicted molar refractivity (Wildman–Crippen MR) is 72.3 cm³/mol. The van der Waals surface area contributed by atoms with Crippen molar-refractivity contribution in [3.05, 3.63) is 47.8 Å². The molecule has 2 rings (SSSR count). The van der Waals surface area contributed by atoms with Gasteiger partial charge in [-0.15, -0.1) is 5.10 Å². The minimum absolute atomic E-state index is 0.275. The van der Waals surface area contributed by atoms with E-state index in [1.165, 1.54) is 0 Å². The Hall–Kier alpha value is -2.43. The van der Waals surface area contributed by atoms with Gasteiger partial charge in [-0.3, -0.25) is 4.79 Å². The average Bonchev–Trinajstić information content (AvgIpc) is 2.42. The zero-order chi connectivity index (χ0) is 13.7. The largest absolute Gasteiger partial charge is 0.492 e. The molecule has 1 N–H and O–H groups in total. The van der Waals surface area contributed by atoms with Crippen molar-refractivity contribution in [2.24, 2.45) is 0 Å². The van der Waals surface area contributed by atoms with Crippen LogP contribution in [0.5, 0.6) is 5.75 Å². The van der Waals surface area contributed by atoms with Crippen molar-refractivity contribution in [2.75, 3.05) is 11.9 Å². The number of nitrogens with zero attached hydrogens (tertiary/aromatic N) is 2. The van der Waals surface area contributed by atoms with E-state index in [9.17, 15) is 4.79 Å². The first kappa shape index (κ1) is 13.0. The number of nitrogens with one attached hydrogen (secondary N) is 1. The maximum atomic E-state index is 12.0. The lowest BCUT2D eigenvalue weighted by Crippen LogP contribution is -2.15. The van der Waals surface area contributed by atoms with E-state index < -0.39 is 0 Å². The molecule has 98 valence electrons. The second kappa shape index (κ2) is 5.95. The van der Waals surface area contributed by atoms with Crippen LogP contribution in [0.25, 0.3) is 0 Å². The summed E-state index contributed by atoms with van der Waals surface area (Å²) in [6, 6.07) is 10.7. The Morgan fingerprint density at radius 2 is 2.00 bits per heavy atom. The zero-order valence-corrected chi connectivity index (χ0v) is 10.9. The Bertz CT molecular complexity index is 567. The molecule has 0 saturated heterocycles. The molecule has 0 bridgehead atoms. The molecule has 0 aliphatic heterocycles. The van der Waals surface area contributed by atoms with Gasteiger partial charge >= 0.3 is 0 Å².